The molecule has 136 valence electrons. The molecule has 2 aromatic rings. The summed E-state index contributed by atoms with van der Waals surface area (Å²) in [4.78, 5) is 3.42. The SMILES string of the molecule is Cc1ccc(S(=O)(=O)/N=C2\C=CC=C\C2=C2\Sc3ccccc3N2C)cc1. The fourth-order valence-corrected chi connectivity index (χ4v) is 5.15. The summed E-state index contributed by atoms with van der Waals surface area (Å²) in [5.74, 6) is 0. The third-order valence-electron chi connectivity index (χ3n) is 4.41. The van der Waals surface area contributed by atoms with Crippen LogP contribution in [-0.2, 0) is 10.0 Å². The Morgan fingerprint density at radius 3 is 2.41 bits per heavy atom. The molecule has 0 bridgehead atoms. The van der Waals surface area contributed by atoms with E-state index >= 15 is 0 Å². The molecule has 1 aliphatic heterocycles. The Balaban J connectivity index is 1.79. The molecule has 27 heavy (non-hydrogen) atoms. The van der Waals surface area contributed by atoms with E-state index in [0.29, 0.717) is 5.71 Å². The van der Waals surface area contributed by atoms with E-state index in [1.165, 1.54) is 0 Å². The molecule has 0 atom stereocenters. The summed E-state index contributed by atoms with van der Waals surface area (Å²) in [5, 5.41) is 0.967. The van der Waals surface area contributed by atoms with E-state index in [1.807, 2.05) is 38.3 Å². The number of benzene rings is 2. The summed E-state index contributed by atoms with van der Waals surface area (Å²) in [7, 11) is -1.80. The van der Waals surface area contributed by atoms with Gasteiger partial charge in [0.2, 0.25) is 0 Å². The smallest absolute Gasteiger partial charge is 0.282 e. The van der Waals surface area contributed by atoms with Crippen LogP contribution in [0, 0.1) is 6.92 Å². The highest BCUT2D eigenvalue weighted by atomic mass is 32.2. The summed E-state index contributed by atoms with van der Waals surface area (Å²) in [5.41, 5.74) is 3.36. The zero-order valence-corrected chi connectivity index (χ0v) is 16.6. The maximum atomic E-state index is 12.8. The normalized spacial score (nSPS) is 20.4. The minimum atomic E-state index is -3.78. The van der Waals surface area contributed by atoms with E-state index in [-0.39, 0.29) is 4.90 Å². The summed E-state index contributed by atoms with van der Waals surface area (Å²) in [6.07, 6.45) is 7.36. The van der Waals surface area contributed by atoms with Gasteiger partial charge in [-0.25, -0.2) is 0 Å². The van der Waals surface area contributed by atoms with Crippen LogP contribution in [0.4, 0.5) is 5.69 Å². The molecule has 6 heteroatoms. The molecule has 2 aliphatic rings. The zero-order valence-electron chi connectivity index (χ0n) is 15.0. The van der Waals surface area contributed by atoms with E-state index in [0.717, 1.165) is 26.7 Å². The summed E-state index contributed by atoms with van der Waals surface area (Å²) in [6, 6.07) is 14.9. The van der Waals surface area contributed by atoms with Gasteiger partial charge in [0.05, 0.1) is 21.3 Å². The number of allylic oxidation sites excluding steroid dienone is 5. The Morgan fingerprint density at radius 2 is 1.67 bits per heavy atom. The Labute approximate surface area is 163 Å². The second-order valence-electron chi connectivity index (χ2n) is 6.33. The summed E-state index contributed by atoms with van der Waals surface area (Å²) >= 11 is 1.62. The molecule has 4 nitrogen and oxygen atoms in total. The number of sulfonamides is 1. The van der Waals surface area contributed by atoms with E-state index in [4.69, 9.17) is 0 Å². The van der Waals surface area contributed by atoms with Gasteiger partial charge < -0.3 is 4.90 Å². The van der Waals surface area contributed by atoms with Crippen molar-refractivity contribution in [2.24, 2.45) is 4.40 Å². The molecule has 0 spiro atoms. The molecule has 4 rings (SSSR count). The standard InChI is InChI=1S/C21H18N2O2S2/c1-15-11-13-16(14-12-15)27(24,25)22-18-8-4-3-7-17(18)21-23(2)19-9-5-6-10-20(19)26-21/h3-14H,1-2H3/b21-17-,22-18+. The topological polar surface area (TPSA) is 49.7 Å². The predicted molar refractivity (Wildman–Crippen MR) is 112 cm³/mol. The van der Waals surface area contributed by atoms with E-state index in [1.54, 1.807) is 48.2 Å². The molecule has 0 radical (unpaired) electrons. The van der Waals surface area contributed by atoms with Crippen LogP contribution in [0.3, 0.4) is 0 Å². The van der Waals surface area contributed by atoms with Crippen molar-refractivity contribution in [3.8, 4) is 0 Å². The highest BCUT2D eigenvalue weighted by Crippen LogP contribution is 2.46. The minimum Gasteiger partial charge on any atom is -0.338 e. The highest BCUT2D eigenvalue weighted by Gasteiger charge is 2.26. The number of rotatable bonds is 2. The van der Waals surface area contributed by atoms with Gasteiger partial charge >= 0.3 is 0 Å². The van der Waals surface area contributed by atoms with Crippen molar-refractivity contribution in [2.45, 2.75) is 16.7 Å². The molecule has 1 heterocycles. The van der Waals surface area contributed by atoms with Gasteiger partial charge in [-0.05, 0) is 37.3 Å². The number of hydrogen-bond acceptors (Lipinski definition) is 4. The minimum absolute atomic E-state index is 0.198. The van der Waals surface area contributed by atoms with Crippen LogP contribution in [0.15, 0.2) is 97.6 Å². The van der Waals surface area contributed by atoms with E-state index in [2.05, 4.69) is 21.4 Å². The molecular formula is C21H18N2O2S2. The van der Waals surface area contributed by atoms with Crippen LogP contribution in [0.2, 0.25) is 0 Å². The lowest BCUT2D eigenvalue weighted by molar-refractivity contribution is 0.598. The van der Waals surface area contributed by atoms with E-state index < -0.39 is 10.0 Å². The summed E-state index contributed by atoms with van der Waals surface area (Å²) in [6.45, 7) is 1.92. The lowest BCUT2D eigenvalue weighted by Crippen LogP contribution is -2.16. The van der Waals surface area contributed by atoms with Gasteiger partial charge in [-0.15, -0.1) is 0 Å². The number of thioether (sulfide) groups is 1. The maximum absolute atomic E-state index is 12.8. The fourth-order valence-electron chi connectivity index (χ4n) is 2.96. The van der Waals surface area contributed by atoms with Gasteiger partial charge in [0.15, 0.2) is 0 Å². The van der Waals surface area contributed by atoms with Crippen LogP contribution in [0.1, 0.15) is 5.56 Å². The number of para-hydroxylation sites is 1. The summed E-state index contributed by atoms with van der Waals surface area (Å²) < 4.78 is 29.7. The van der Waals surface area contributed by atoms with Gasteiger partial charge in [-0.1, -0.05) is 59.8 Å². The Morgan fingerprint density at radius 1 is 0.963 bits per heavy atom. The number of aryl methyl sites for hydroxylation is 1. The molecule has 0 fully saturated rings. The van der Waals surface area contributed by atoms with Crippen molar-refractivity contribution < 1.29 is 8.42 Å². The zero-order chi connectivity index (χ0) is 19.0. The molecule has 1 aliphatic carbocycles. The maximum Gasteiger partial charge on any atom is 0.282 e. The quantitative estimate of drug-likeness (QED) is 0.741. The highest BCUT2D eigenvalue weighted by molar-refractivity contribution is 8.03. The Hall–Kier alpha value is -2.57. The molecule has 0 saturated carbocycles. The third-order valence-corrected chi connectivity index (χ3v) is 6.97. The Kier molecular flexibility index (Phi) is 4.53. The van der Waals surface area contributed by atoms with Gasteiger partial charge in [0.1, 0.15) is 0 Å². The number of fused-ring (bicyclic) bond motifs is 1. The van der Waals surface area contributed by atoms with E-state index in [9.17, 15) is 8.42 Å². The van der Waals surface area contributed by atoms with Crippen molar-refractivity contribution in [2.75, 3.05) is 11.9 Å². The fraction of sp³-hybridized carbons (Fsp3) is 0.0952. The second-order valence-corrected chi connectivity index (χ2v) is 8.97. The lowest BCUT2D eigenvalue weighted by Gasteiger charge is -2.18. The molecule has 0 unspecified atom stereocenters. The average Bonchev–Trinajstić information content (AvgIpc) is 2.99. The van der Waals surface area contributed by atoms with Gasteiger partial charge in [0.25, 0.3) is 10.0 Å². The van der Waals surface area contributed by atoms with Crippen molar-refractivity contribution in [3.63, 3.8) is 0 Å². The number of hydrogen-bond donors (Lipinski definition) is 0. The molecule has 0 saturated heterocycles. The van der Waals surface area contributed by atoms with Crippen LogP contribution >= 0.6 is 11.8 Å². The molecule has 2 aromatic carbocycles. The van der Waals surface area contributed by atoms with Crippen molar-refractivity contribution >= 4 is 33.2 Å². The Bertz CT molecular complexity index is 1130. The molecule has 0 amide bonds. The number of nitrogens with zero attached hydrogens (tertiary/aromatic N) is 2. The lowest BCUT2D eigenvalue weighted by atomic mass is 10.1. The first-order chi connectivity index (χ1) is 13.0. The predicted octanol–water partition coefficient (Wildman–Crippen LogP) is 4.70. The van der Waals surface area contributed by atoms with Crippen molar-refractivity contribution in [3.05, 3.63) is 89.0 Å². The molecule has 0 N–H and O–H groups in total. The molecule has 0 aromatic heterocycles. The van der Waals surface area contributed by atoms with Gasteiger partial charge in [-0.2, -0.15) is 12.8 Å². The van der Waals surface area contributed by atoms with Crippen LogP contribution < -0.4 is 4.90 Å². The second kappa shape index (κ2) is 6.87. The first-order valence-electron chi connectivity index (χ1n) is 8.47. The first-order valence-corrected chi connectivity index (χ1v) is 10.7. The van der Waals surface area contributed by atoms with Crippen molar-refractivity contribution in [1.29, 1.82) is 0 Å². The van der Waals surface area contributed by atoms with Gasteiger partial charge in [-0.3, -0.25) is 0 Å². The largest absolute Gasteiger partial charge is 0.338 e. The average molecular weight is 395 g/mol. The van der Waals surface area contributed by atoms with Crippen LogP contribution in [0.5, 0.6) is 0 Å². The number of anilines is 1. The first kappa shape index (κ1) is 17.8. The monoisotopic (exact) mass is 394 g/mol. The van der Waals surface area contributed by atoms with Crippen molar-refractivity contribution in [1.82, 2.24) is 0 Å². The van der Waals surface area contributed by atoms with Crippen LogP contribution in [-0.4, -0.2) is 21.2 Å². The third kappa shape index (κ3) is 3.38. The van der Waals surface area contributed by atoms with Gasteiger partial charge in [0, 0.05) is 17.5 Å². The molecular weight excluding hydrogens is 376 g/mol. The van der Waals surface area contributed by atoms with Crippen LogP contribution in [0.25, 0.3) is 0 Å².